The van der Waals surface area contributed by atoms with E-state index in [1.807, 2.05) is 6.07 Å². The first kappa shape index (κ1) is 26.4. The summed E-state index contributed by atoms with van der Waals surface area (Å²) in [5.41, 5.74) is 6.77. The Bertz CT molecular complexity index is 1330. The summed E-state index contributed by atoms with van der Waals surface area (Å²) in [4.78, 5) is 25.3. The van der Waals surface area contributed by atoms with E-state index < -0.39 is 34.4 Å². The van der Waals surface area contributed by atoms with Crippen LogP contribution in [0.1, 0.15) is 25.0 Å². The van der Waals surface area contributed by atoms with Crippen molar-refractivity contribution < 1.29 is 27.5 Å². The van der Waals surface area contributed by atoms with Crippen LogP contribution < -0.4 is 10.5 Å². The van der Waals surface area contributed by atoms with Gasteiger partial charge in [0.2, 0.25) is 15.8 Å². The van der Waals surface area contributed by atoms with Crippen LogP contribution in [0.3, 0.4) is 0 Å². The summed E-state index contributed by atoms with van der Waals surface area (Å²) in [6, 6.07) is 12.3. The molecule has 1 aliphatic heterocycles. The minimum absolute atomic E-state index is 0.00227. The fourth-order valence-electron chi connectivity index (χ4n) is 3.71. The molecule has 0 aromatic heterocycles. The Morgan fingerprint density at radius 3 is 2.54 bits per heavy atom. The third kappa shape index (κ3) is 5.73. The Hall–Kier alpha value is -3.20. The zero-order valence-corrected chi connectivity index (χ0v) is 21.6. The van der Waals surface area contributed by atoms with Gasteiger partial charge in [0.15, 0.2) is 6.61 Å². The average molecular weight is 562 g/mol. The van der Waals surface area contributed by atoms with E-state index >= 15 is 0 Å². The van der Waals surface area contributed by atoms with Gasteiger partial charge in [-0.2, -0.15) is 9.57 Å². The SMILES string of the molecule is CCOc1ccc(Br)cc1S(=O)(=O)N1Cc2ccccc2C[C@H]1C(=O)OCC(=O)/C(C#N)=C(/C)N. The summed E-state index contributed by atoms with van der Waals surface area (Å²) in [6.45, 7) is 2.56. The first-order chi connectivity index (χ1) is 16.6. The van der Waals surface area contributed by atoms with Crippen molar-refractivity contribution >= 4 is 37.7 Å². The Morgan fingerprint density at radius 2 is 1.91 bits per heavy atom. The third-order valence-electron chi connectivity index (χ3n) is 5.40. The van der Waals surface area contributed by atoms with E-state index in [-0.39, 0.29) is 41.5 Å². The number of carbonyl (C=O) groups excluding carboxylic acids is 2. The highest BCUT2D eigenvalue weighted by Crippen LogP contribution is 2.35. The summed E-state index contributed by atoms with van der Waals surface area (Å²) in [6.07, 6.45) is 0.0528. The van der Waals surface area contributed by atoms with Crippen molar-refractivity contribution in [3.8, 4) is 11.8 Å². The second-order valence-corrected chi connectivity index (χ2v) is 10.5. The molecule has 0 spiro atoms. The van der Waals surface area contributed by atoms with Gasteiger partial charge in [0.1, 0.15) is 28.3 Å². The lowest BCUT2D eigenvalue weighted by molar-refractivity contribution is -0.151. The molecule has 0 saturated carbocycles. The van der Waals surface area contributed by atoms with Crippen molar-refractivity contribution in [2.24, 2.45) is 5.73 Å². The van der Waals surface area contributed by atoms with Crippen LogP contribution in [0.2, 0.25) is 0 Å². The van der Waals surface area contributed by atoms with Gasteiger partial charge in [-0.05, 0) is 43.2 Å². The van der Waals surface area contributed by atoms with Gasteiger partial charge in [-0.3, -0.25) is 9.59 Å². The second-order valence-electron chi connectivity index (χ2n) is 7.76. The van der Waals surface area contributed by atoms with Crippen molar-refractivity contribution in [2.75, 3.05) is 13.2 Å². The van der Waals surface area contributed by atoms with Crippen molar-refractivity contribution in [3.63, 3.8) is 0 Å². The predicted octanol–water partition coefficient (Wildman–Crippen LogP) is 2.83. The smallest absolute Gasteiger partial charge is 0.325 e. The van der Waals surface area contributed by atoms with Gasteiger partial charge < -0.3 is 15.2 Å². The largest absolute Gasteiger partial charge is 0.492 e. The molecular formula is C24H24BrN3O6S. The molecule has 9 nitrogen and oxygen atoms in total. The Labute approximate surface area is 212 Å². The number of nitriles is 1. The third-order valence-corrected chi connectivity index (χ3v) is 7.77. The van der Waals surface area contributed by atoms with E-state index in [4.69, 9.17) is 20.5 Å². The number of nitrogens with two attached hydrogens (primary N) is 1. The molecule has 2 aromatic carbocycles. The maximum atomic E-state index is 13.8. The minimum Gasteiger partial charge on any atom is -0.492 e. The topological polar surface area (TPSA) is 140 Å². The van der Waals surface area contributed by atoms with E-state index in [0.717, 1.165) is 15.4 Å². The Kier molecular flexibility index (Phi) is 8.32. The van der Waals surface area contributed by atoms with E-state index in [1.165, 1.54) is 19.1 Å². The normalized spacial score (nSPS) is 16.5. The first-order valence-corrected chi connectivity index (χ1v) is 12.9. The molecule has 3 rings (SSSR count). The Morgan fingerprint density at radius 1 is 1.23 bits per heavy atom. The highest BCUT2D eigenvalue weighted by atomic mass is 79.9. The van der Waals surface area contributed by atoms with Crippen LogP contribution in [0.4, 0.5) is 0 Å². The van der Waals surface area contributed by atoms with Crippen LogP contribution >= 0.6 is 15.9 Å². The number of ether oxygens (including phenoxy) is 2. The van der Waals surface area contributed by atoms with Crippen LogP contribution in [0, 0.1) is 11.3 Å². The number of fused-ring (bicyclic) bond motifs is 1. The summed E-state index contributed by atoms with van der Waals surface area (Å²) < 4.78 is 39.9. The molecule has 0 unspecified atom stereocenters. The molecule has 0 amide bonds. The van der Waals surface area contributed by atoms with E-state index in [9.17, 15) is 18.0 Å². The summed E-state index contributed by atoms with van der Waals surface area (Å²) >= 11 is 3.30. The summed E-state index contributed by atoms with van der Waals surface area (Å²) in [7, 11) is -4.24. The molecule has 0 radical (unpaired) electrons. The number of Topliss-reactive ketones (excluding diaryl/α,β-unsaturated/α-hetero) is 1. The van der Waals surface area contributed by atoms with Crippen molar-refractivity contribution in [1.82, 2.24) is 4.31 Å². The fourth-order valence-corrected chi connectivity index (χ4v) is 5.94. The molecule has 2 aromatic rings. The van der Waals surface area contributed by atoms with Gasteiger partial charge >= 0.3 is 5.97 Å². The van der Waals surface area contributed by atoms with Gasteiger partial charge in [-0.15, -0.1) is 0 Å². The summed E-state index contributed by atoms with van der Waals surface area (Å²) in [5, 5.41) is 9.10. The molecule has 35 heavy (non-hydrogen) atoms. The number of allylic oxidation sites excluding steroid dienone is 1. The van der Waals surface area contributed by atoms with E-state index in [1.54, 1.807) is 37.3 Å². The maximum Gasteiger partial charge on any atom is 0.325 e. The lowest BCUT2D eigenvalue weighted by Crippen LogP contribution is -2.49. The highest BCUT2D eigenvalue weighted by molar-refractivity contribution is 9.10. The molecule has 11 heteroatoms. The molecule has 0 aliphatic carbocycles. The van der Waals surface area contributed by atoms with Crippen LogP contribution in [-0.4, -0.2) is 43.7 Å². The highest BCUT2D eigenvalue weighted by Gasteiger charge is 2.42. The lowest BCUT2D eigenvalue weighted by Gasteiger charge is -2.34. The van der Waals surface area contributed by atoms with Gasteiger partial charge in [-0.25, -0.2) is 8.42 Å². The second kappa shape index (κ2) is 11.0. The quantitative estimate of drug-likeness (QED) is 0.294. The zero-order chi connectivity index (χ0) is 25.8. The van der Waals surface area contributed by atoms with Crippen LogP contribution in [0.25, 0.3) is 0 Å². The lowest BCUT2D eigenvalue weighted by atomic mass is 9.96. The number of esters is 1. The standard InChI is InChI=1S/C24H24BrN3O6S/c1-3-33-22-9-8-18(25)11-23(22)35(31,32)28-13-17-7-5-4-6-16(17)10-20(28)24(30)34-14-21(29)19(12-26)15(2)27/h4-9,11,20H,3,10,13-14,27H2,1-2H3/b19-15-/t20-/m0/s1. The van der Waals surface area contributed by atoms with Crippen LogP contribution in [-0.2, 0) is 37.3 Å². The molecule has 0 saturated heterocycles. The van der Waals surface area contributed by atoms with Crippen LogP contribution in [0.5, 0.6) is 5.75 Å². The molecule has 0 bridgehead atoms. The maximum absolute atomic E-state index is 13.8. The number of carbonyl (C=O) groups is 2. The molecule has 184 valence electrons. The number of hydrogen-bond donors (Lipinski definition) is 1. The molecular weight excluding hydrogens is 538 g/mol. The number of halogens is 1. The number of rotatable bonds is 8. The molecule has 0 fully saturated rings. The van der Waals surface area contributed by atoms with Gasteiger partial charge in [0, 0.05) is 23.1 Å². The fraction of sp³-hybridized carbons (Fsp3) is 0.292. The van der Waals surface area contributed by atoms with Gasteiger partial charge in [-0.1, -0.05) is 40.2 Å². The molecule has 1 atom stereocenters. The number of hydrogen-bond acceptors (Lipinski definition) is 8. The average Bonchev–Trinajstić information content (AvgIpc) is 2.83. The van der Waals surface area contributed by atoms with E-state index in [2.05, 4.69) is 15.9 Å². The van der Waals surface area contributed by atoms with Crippen molar-refractivity contribution in [3.05, 3.63) is 69.3 Å². The monoisotopic (exact) mass is 561 g/mol. The predicted molar refractivity (Wildman–Crippen MR) is 130 cm³/mol. The number of sulfonamides is 1. The number of benzene rings is 2. The van der Waals surface area contributed by atoms with E-state index in [0.29, 0.717) is 4.47 Å². The van der Waals surface area contributed by atoms with Gasteiger partial charge in [0.25, 0.3) is 0 Å². The van der Waals surface area contributed by atoms with Crippen molar-refractivity contribution in [2.45, 2.75) is 37.8 Å². The number of ketones is 1. The Balaban J connectivity index is 1.99. The van der Waals surface area contributed by atoms with Gasteiger partial charge in [0.05, 0.1) is 6.61 Å². The molecule has 1 aliphatic rings. The number of nitrogens with zero attached hydrogens (tertiary/aromatic N) is 2. The first-order valence-electron chi connectivity index (χ1n) is 10.7. The van der Waals surface area contributed by atoms with Crippen LogP contribution in [0.15, 0.2) is 63.1 Å². The molecule has 2 N–H and O–H groups in total. The molecule has 1 heterocycles. The summed E-state index contributed by atoms with van der Waals surface area (Å²) in [5.74, 6) is -1.52. The van der Waals surface area contributed by atoms with Crippen molar-refractivity contribution in [1.29, 1.82) is 5.26 Å². The minimum atomic E-state index is -4.24. The zero-order valence-electron chi connectivity index (χ0n) is 19.2.